The highest BCUT2D eigenvalue weighted by Gasteiger charge is 2.55. The molecule has 4 nitrogen and oxygen atoms in total. The van der Waals surface area contributed by atoms with Crippen molar-refractivity contribution in [1.82, 2.24) is 4.31 Å². The highest BCUT2D eigenvalue weighted by atomic mass is 32.2. The lowest BCUT2D eigenvalue weighted by Crippen LogP contribution is -2.63. The van der Waals surface area contributed by atoms with E-state index in [0.717, 1.165) is 37.7 Å². The van der Waals surface area contributed by atoms with Gasteiger partial charge in [-0.15, -0.1) is 6.58 Å². The number of ketones is 1. The second-order valence-corrected chi connectivity index (χ2v) is 9.52. The Morgan fingerprint density at radius 3 is 2.62 bits per heavy atom. The summed E-state index contributed by atoms with van der Waals surface area (Å²) in [5.74, 6) is 0.136. The minimum atomic E-state index is -3.71. The normalized spacial score (nSPS) is 28.0. The van der Waals surface area contributed by atoms with Crippen molar-refractivity contribution in [3.8, 4) is 0 Å². The van der Waals surface area contributed by atoms with Gasteiger partial charge < -0.3 is 0 Å². The van der Waals surface area contributed by atoms with Gasteiger partial charge in [0.1, 0.15) is 0 Å². The van der Waals surface area contributed by atoms with E-state index in [4.69, 9.17) is 0 Å². The Bertz CT molecular complexity index is 769. The number of aryl methyl sites for hydroxylation is 1. The average Bonchev–Trinajstić information content (AvgIpc) is 2.80. The third kappa shape index (κ3) is 3.27. The number of benzene rings is 1. The van der Waals surface area contributed by atoms with Crippen molar-refractivity contribution >= 4 is 15.8 Å². The van der Waals surface area contributed by atoms with E-state index in [9.17, 15) is 13.2 Å². The molecule has 0 N–H and O–H groups in total. The Hall–Kier alpha value is -1.46. The molecule has 2 fully saturated rings. The van der Waals surface area contributed by atoms with E-state index in [0.29, 0.717) is 30.7 Å². The summed E-state index contributed by atoms with van der Waals surface area (Å²) in [6, 6.07) is 6.96. The molecule has 1 aliphatic heterocycles. The maximum absolute atomic E-state index is 13.5. The molecule has 0 bridgehead atoms. The molecule has 1 heterocycles. The third-order valence-electron chi connectivity index (χ3n) is 6.04. The van der Waals surface area contributed by atoms with Gasteiger partial charge in [-0.25, -0.2) is 8.42 Å². The number of carbonyl (C=O) groups excluding carboxylic acids is 1. The van der Waals surface area contributed by atoms with Gasteiger partial charge in [0.15, 0.2) is 5.78 Å². The van der Waals surface area contributed by atoms with Crippen molar-refractivity contribution < 1.29 is 13.2 Å². The predicted octanol–water partition coefficient (Wildman–Crippen LogP) is 4.24. The van der Waals surface area contributed by atoms with Crippen LogP contribution >= 0.6 is 0 Å². The van der Waals surface area contributed by atoms with Crippen LogP contribution in [0.2, 0.25) is 0 Å². The number of Topliss-reactive ketones (excluding diaryl/α,β-unsaturated/α-hetero) is 1. The zero-order valence-corrected chi connectivity index (χ0v) is 16.4. The molecular weight excluding hydrogens is 346 g/mol. The van der Waals surface area contributed by atoms with Crippen LogP contribution in [-0.2, 0) is 14.8 Å². The number of carbonyl (C=O) groups is 1. The summed E-state index contributed by atoms with van der Waals surface area (Å²) in [7, 11) is -3.71. The fourth-order valence-electron chi connectivity index (χ4n) is 4.72. The Kier molecular flexibility index (Phi) is 5.68. The molecule has 1 saturated carbocycles. The predicted molar refractivity (Wildman–Crippen MR) is 103 cm³/mol. The van der Waals surface area contributed by atoms with Gasteiger partial charge in [0.2, 0.25) is 10.0 Å². The lowest BCUT2D eigenvalue weighted by Gasteiger charge is -2.49. The number of rotatable bonds is 4. The fourth-order valence-corrected chi connectivity index (χ4v) is 6.59. The summed E-state index contributed by atoms with van der Waals surface area (Å²) in [6.45, 7) is 6.22. The minimum absolute atomic E-state index is 0.0274. The van der Waals surface area contributed by atoms with Gasteiger partial charge in [0, 0.05) is 13.0 Å². The molecule has 2 aliphatic rings. The van der Waals surface area contributed by atoms with Crippen molar-refractivity contribution in [2.24, 2.45) is 5.92 Å². The molecule has 142 valence electrons. The maximum atomic E-state index is 13.5. The summed E-state index contributed by atoms with van der Waals surface area (Å²) in [4.78, 5) is 13.6. The summed E-state index contributed by atoms with van der Waals surface area (Å²) >= 11 is 0. The van der Waals surface area contributed by atoms with Crippen molar-refractivity contribution in [2.75, 3.05) is 6.54 Å². The molecule has 3 rings (SSSR count). The number of nitrogens with zero attached hydrogens (tertiary/aromatic N) is 1. The first-order chi connectivity index (χ1) is 12.4. The Labute approximate surface area is 157 Å². The van der Waals surface area contributed by atoms with Crippen LogP contribution in [0.1, 0.15) is 56.9 Å². The fraction of sp³-hybridized carbons (Fsp3) is 0.571. The molecule has 1 aromatic rings. The molecule has 0 unspecified atom stereocenters. The zero-order valence-electron chi connectivity index (χ0n) is 15.6. The first-order valence-electron chi connectivity index (χ1n) is 9.66. The van der Waals surface area contributed by atoms with Crippen LogP contribution in [0, 0.1) is 12.8 Å². The van der Waals surface area contributed by atoms with Gasteiger partial charge in [-0.2, -0.15) is 4.31 Å². The smallest absolute Gasteiger partial charge is 0.243 e. The number of hydrogen-bond acceptors (Lipinski definition) is 3. The quantitative estimate of drug-likeness (QED) is 0.740. The van der Waals surface area contributed by atoms with E-state index in [1.54, 1.807) is 16.4 Å². The first kappa shape index (κ1) is 19.3. The summed E-state index contributed by atoms with van der Waals surface area (Å²) < 4.78 is 28.6. The van der Waals surface area contributed by atoms with Gasteiger partial charge in [-0.3, -0.25) is 4.79 Å². The molecular formula is C21H29NO3S. The SMILES string of the molecule is C=CC[C@H]1CCCN(S(=O)(=O)c2ccc(C)cc2)[C@]12CCCCCC2=O. The molecule has 1 aromatic carbocycles. The molecule has 0 aromatic heterocycles. The second kappa shape index (κ2) is 7.65. The van der Waals surface area contributed by atoms with Crippen molar-refractivity contribution in [3.63, 3.8) is 0 Å². The first-order valence-corrected chi connectivity index (χ1v) is 11.1. The molecule has 0 radical (unpaired) electrons. The van der Waals surface area contributed by atoms with E-state index in [1.807, 2.05) is 25.1 Å². The maximum Gasteiger partial charge on any atom is 0.243 e. The Morgan fingerprint density at radius 2 is 1.92 bits per heavy atom. The molecule has 2 atom stereocenters. The molecule has 1 spiro atoms. The Morgan fingerprint density at radius 1 is 1.19 bits per heavy atom. The molecule has 26 heavy (non-hydrogen) atoms. The number of sulfonamides is 1. The van der Waals surface area contributed by atoms with E-state index in [-0.39, 0.29) is 11.7 Å². The number of allylic oxidation sites excluding steroid dienone is 1. The minimum Gasteiger partial charge on any atom is -0.298 e. The van der Waals surface area contributed by atoms with Gasteiger partial charge in [0.05, 0.1) is 10.4 Å². The van der Waals surface area contributed by atoms with E-state index >= 15 is 0 Å². The highest BCUT2D eigenvalue weighted by Crippen LogP contribution is 2.45. The van der Waals surface area contributed by atoms with Gasteiger partial charge in [0.25, 0.3) is 0 Å². The van der Waals surface area contributed by atoms with Gasteiger partial charge in [-0.05, 0) is 57.1 Å². The van der Waals surface area contributed by atoms with Crippen LogP contribution in [0.15, 0.2) is 41.8 Å². The van der Waals surface area contributed by atoms with E-state index in [2.05, 4.69) is 6.58 Å². The highest BCUT2D eigenvalue weighted by molar-refractivity contribution is 7.89. The van der Waals surface area contributed by atoms with Crippen LogP contribution < -0.4 is 0 Å². The van der Waals surface area contributed by atoms with Crippen molar-refractivity contribution in [1.29, 1.82) is 0 Å². The topological polar surface area (TPSA) is 54.5 Å². The van der Waals surface area contributed by atoms with Crippen LogP contribution in [0.5, 0.6) is 0 Å². The lowest BCUT2D eigenvalue weighted by molar-refractivity contribution is -0.133. The second-order valence-electron chi connectivity index (χ2n) is 7.66. The van der Waals surface area contributed by atoms with Crippen molar-refractivity contribution in [3.05, 3.63) is 42.5 Å². The number of hydrogen-bond donors (Lipinski definition) is 0. The summed E-state index contributed by atoms with van der Waals surface area (Å²) in [5.41, 5.74) is 0.125. The van der Waals surface area contributed by atoms with Gasteiger partial charge >= 0.3 is 0 Å². The van der Waals surface area contributed by atoms with Crippen LogP contribution in [0.4, 0.5) is 0 Å². The lowest BCUT2D eigenvalue weighted by atomic mass is 9.71. The average molecular weight is 376 g/mol. The molecule has 1 aliphatic carbocycles. The summed E-state index contributed by atoms with van der Waals surface area (Å²) in [6.07, 6.45) is 8.07. The Balaban J connectivity index is 2.11. The van der Waals surface area contributed by atoms with E-state index in [1.165, 1.54) is 0 Å². The monoisotopic (exact) mass is 375 g/mol. The molecule has 0 amide bonds. The van der Waals surface area contributed by atoms with Crippen LogP contribution in [-0.4, -0.2) is 30.6 Å². The van der Waals surface area contributed by atoms with Crippen molar-refractivity contribution in [2.45, 2.75) is 68.7 Å². The van der Waals surface area contributed by atoms with Crippen LogP contribution in [0.25, 0.3) is 0 Å². The summed E-state index contributed by atoms with van der Waals surface area (Å²) in [5, 5.41) is 0. The number of piperidine rings is 1. The largest absolute Gasteiger partial charge is 0.298 e. The molecule has 1 saturated heterocycles. The van der Waals surface area contributed by atoms with E-state index < -0.39 is 15.6 Å². The standard InChI is InChI=1S/C21H29NO3S/c1-3-8-18-9-7-16-22(21(18)15-6-4-5-10-20(21)23)26(24,25)19-13-11-17(2)12-14-19/h3,11-14,18H,1,4-10,15-16H2,2H3/t18-,21+/m0/s1. The van der Waals surface area contributed by atoms with Gasteiger partial charge in [-0.1, -0.05) is 36.6 Å². The third-order valence-corrected chi connectivity index (χ3v) is 8.00. The molecule has 5 heteroatoms. The van der Waals surface area contributed by atoms with Crippen LogP contribution in [0.3, 0.4) is 0 Å². The zero-order chi connectivity index (χ0) is 18.8.